The van der Waals surface area contributed by atoms with Gasteiger partial charge in [-0.25, -0.2) is 4.98 Å². The first kappa shape index (κ1) is 14.2. The maximum absolute atomic E-state index is 4.25. The van der Waals surface area contributed by atoms with E-state index in [1.165, 1.54) is 6.33 Å². The molecule has 0 radical (unpaired) electrons. The molecule has 114 valence electrons. The summed E-state index contributed by atoms with van der Waals surface area (Å²) in [6, 6.07) is 8.60. The zero-order chi connectivity index (χ0) is 15.4. The van der Waals surface area contributed by atoms with Crippen LogP contribution in [0.3, 0.4) is 0 Å². The van der Waals surface area contributed by atoms with E-state index in [9.17, 15) is 0 Å². The van der Waals surface area contributed by atoms with Crippen LogP contribution in [0.1, 0.15) is 13.8 Å². The number of anilines is 1. The van der Waals surface area contributed by atoms with E-state index < -0.39 is 0 Å². The van der Waals surface area contributed by atoms with Gasteiger partial charge in [-0.05, 0) is 26.0 Å². The Morgan fingerprint density at radius 3 is 2.82 bits per heavy atom. The molecule has 3 rings (SSSR count). The van der Waals surface area contributed by atoms with Crippen molar-refractivity contribution in [2.75, 3.05) is 5.32 Å². The average molecular weight is 297 g/mol. The van der Waals surface area contributed by atoms with Crippen LogP contribution in [0, 0.1) is 0 Å². The van der Waals surface area contributed by atoms with Crippen molar-refractivity contribution in [1.29, 1.82) is 0 Å². The van der Waals surface area contributed by atoms with E-state index in [0.29, 0.717) is 12.6 Å². The Morgan fingerprint density at radius 1 is 1.18 bits per heavy atom. The third-order valence-corrected chi connectivity index (χ3v) is 3.18. The smallest absolute Gasteiger partial charge is 0.137 e. The molecule has 0 atom stereocenters. The first-order valence-electron chi connectivity index (χ1n) is 7.30. The Morgan fingerprint density at radius 2 is 2.05 bits per heavy atom. The fourth-order valence-electron chi connectivity index (χ4n) is 2.19. The number of aryl methyl sites for hydroxylation is 2. The highest BCUT2D eigenvalue weighted by atomic mass is 15.4. The topological polar surface area (TPSA) is 73.5 Å². The Labute approximate surface area is 129 Å². The average Bonchev–Trinajstić information content (AvgIpc) is 3.16. The number of rotatable bonds is 6. The molecule has 0 bridgehead atoms. The second kappa shape index (κ2) is 6.38. The molecule has 0 spiro atoms. The van der Waals surface area contributed by atoms with Gasteiger partial charge in [0.25, 0.3) is 0 Å². The van der Waals surface area contributed by atoms with E-state index in [4.69, 9.17) is 0 Å². The van der Waals surface area contributed by atoms with E-state index in [1.54, 1.807) is 11.0 Å². The van der Waals surface area contributed by atoms with Crippen molar-refractivity contribution < 1.29 is 0 Å². The summed E-state index contributed by atoms with van der Waals surface area (Å²) in [5, 5.41) is 15.9. The molecule has 2 aromatic heterocycles. The normalized spacial score (nSPS) is 11.0. The van der Waals surface area contributed by atoms with Crippen LogP contribution in [-0.4, -0.2) is 35.8 Å². The summed E-state index contributed by atoms with van der Waals surface area (Å²) in [7, 11) is 0. The fraction of sp³-hybridized carbons (Fsp3) is 0.333. The minimum Gasteiger partial charge on any atom is -0.383 e. The van der Waals surface area contributed by atoms with Crippen molar-refractivity contribution in [1.82, 2.24) is 29.8 Å². The van der Waals surface area contributed by atoms with Gasteiger partial charge in [-0.3, -0.25) is 9.36 Å². The summed E-state index contributed by atoms with van der Waals surface area (Å²) < 4.78 is 3.59. The van der Waals surface area contributed by atoms with Gasteiger partial charge < -0.3 is 5.32 Å². The molecule has 2 heterocycles. The zero-order valence-electron chi connectivity index (χ0n) is 12.7. The van der Waals surface area contributed by atoms with Gasteiger partial charge in [0.05, 0.1) is 19.3 Å². The summed E-state index contributed by atoms with van der Waals surface area (Å²) in [6.07, 6.45) is 5.17. The molecule has 0 unspecified atom stereocenters. The molecule has 22 heavy (non-hydrogen) atoms. The van der Waals surface area contributed by atoms with E-state index in [0.717, 1.165) is 23.5 Å². The predicted molar refractivity (Wildman–Crippen MR) is 84.2 cm³/mol. The standard InChI is InChI=1S/C15H19N7/c1-12(2)18-14-5-3-4-13(8-14)15-9-21(20-19-15)6-7-22-11-16-10-17-22/h3-5,8-12,18H,6-7H2,1-2H3. The zero-order valence-corrected chi connectivity index (χ0v) is 12.7. The van der Waals surface area contributed by atoms with Gasteiger partial charge in [-0.1, -0.05) is 17.3 Å². The van der Waals surface area contributed by atoms with Gasteiger partial charge in [0.2, 0.25) is 0 Å². The molecule has 3 aromatic rings. The van der Waals surface area contributed by atoms with Crippen molar-refractivity contribution in [2.24, 2.45) is 0 Å². The molecule has 0 saturated heterocycles. The molecule has 0 fully saturated rings. The van der Waals surface area contributed by atoms with Crippen LogP contribution in [0.4, 0.5) is 5.69 Å². The molecule has 7 heteroatoms. The van der Waals surface area contributed by atoms with Crippen molar-refractivity contribution in [2.45, 2.75) is 33.0 Å². The number of hydrogen-bond donors (Lipinski definition) is 1. The largest absolute Gasteiger partial charge is 0.383 e. The predicted octanol–water partition coefficient (Wildman–Crippen LogP) is 2.06. The van der Waals surface area contributed by atoms with Gasteiger partial charge in [0.15, 0.2) is 0 Å². The van der Waals surface area contributed by atoms with Gasteiger partial charge in [0, 0.05) is 17.3 Å². The minimum atomic E-state index is 0.397. The fourth-order valence-corrected chi connectivity index (χ4v) is 2.19. The van der Waals surface area contributed by atoms with E-state index >= 15 is 0 Å². The number of nitrogens with one attached hydrogen (secondary N) is 1. The van der Waals surface area contributed by atoms with Crippen LogP contribution in [0.5, 0.6) is 0 Å². The maximum atomic E-state index is 4.25. The van der Waals surface area contributed by atoms with Crippen LogP contribution in [0.2, 0.25) is 0 Å². The van der Waals surface area contributed by atoms with Crippen molar-refractivity contribution in [3.8, 4) is 11.3 Å². The lowest BCUT2D eigenvalue weighted by molar-refractivity contribution is 0.489. The van der Waals surface area contributed by atoms with Crippen LogP contribution in [-0.2, 0) is 13.1 Å². The molecule has 1 aromatic carbocycles. The lowest BCUT2D eigenvalue weighted by Gasteiger charge is -2.10. The molecule has 0 aliphatic heterocycles. The molecular weight excluding hydrogens is 278 g/mol. The summed E-state index contributed by atoms with van der Waals surface area (Å²) in [6.45, 7) is 5.66. The van der Waals surface area contributed by atoms with E-state index in [-0.39, 0.29) is 0 Å². The number of nitrogens with zero attached hydrogens (tertiary/aromatic N) is 6. The molecule has 0 saturated carbocycles. The number of benzene rings is 1. The maximum Gasteiger partial charge on any atom is 0.137 e. The van der Waals surface area contributed by atoms with Crippen LogP contribution in [0.15, 0.2) is 43.1 Å². The minimum absolute atomic E-state index is 0.397. The summed E-state index contributed by atoms with van der Waals surface area (Å²) in [5.41, 5.74) is 3.01. The summed E-state index contributed by atoms with van der Waals surface area (Å²) >= 11 is 0. The Hall–Kier alpha value is -2.70. The highest BCUT2D eigenvalue weighted by molar-refractivity contribution is 5.64. The monoisotopic (exact) mass is 297 g/mol. The SMILES string of the molecule is CC(C)Nc1cccc(-c2cn(CCn3cncn3)nn2)c1. The third-order valence-electron chi connectivity index (χ3n) is 3.18. The molecule has 0 aliphatic carbocycles. The Balaban J connectivity index is 1.70. The Bertz CT molecular complexity index is 715. The highest BCUT2D eigenvalue weighted by Gasteiger charge is 2.05. The lowest BCUT2D eigenvalue weighted by atomic mass is 10.1. The van der Waals surface area contributed by atoms with Gasteiger partial charge in [-0.2, -0.15) is 5.10 Å². The summed E-state index contributed by atoms with van der Waals surface area (Å²) in [5.74, 6) is 0. The third kappa shape index (κ3) is 3.49. The molecular formula is C15H19N7. The van der Waals surface area contributed by atoms with Gasteiger partial charge in [0.1, 0.15) is 18.3 Å². The highest BCUT2D eigenvalue weighted by Crippen LogP contribution is 2.20. The van der Waals surface area contributed by atoms with E-state index in [2.05, 4.69) is 51.7 Å². The first-order chi connectivity index (χ1) is 10.7. The first-order valence-corrected chi connectivity index (χ1v) is 7.30. The second-order valence-electron chi connectivity index (χ2n) is 5.41. The second-order valence-corrected chi connectivity index (χ2v) is 5.41. The van der Waals surface area contributed by atoms with Crippen LogP contribution in [0.25, 0.3) is 11.3 Å². The van der Waals surface area contributed by atoms with E-state index in [1.807, 2.05) is 23.0 Å². The van der Waals surface area contributed by atoms with Crippen molar-refractivity contribution >= 4 is 5.69 Å². The summed E-state index contributed by atoms with van der Waals surface area (Å²) in [4.78, 5) is 3.92. The quantitative estimate of drug-likeness (QED) is 0.754. The molecule has 7 nitrogen and oxygen atoms in total. The van der Waals surface area contributed by atoms with Gasteiger partial charge in [-0.15, -0.1) is 5.10 Å². The van der Waals surface area contributed by atoms with Crippen LogP contribution < -0.4 is 5.32 Å². The molecule has 1 N–H and O–H groups in total. The molecule has 0 amide bonds. The van der Waals surface area contributed by atoms with Gasteiger partial charge >= 0.3 is 0 Å². The van der Waals surface area contributed by atoms with Crippen molar-refractivity contribution in [3.05, 3.63) is 43.1 Å². The lowest BCUT2D eigenvalue weighted by Crippen LogP contribution is -2.09. The number of hydrogen-bond acceptors (Lipinski definition) is 5. The molecule has 0 aliphatic rings. The Kier molecular flexibility index (Phi) is 4.13. The van der Waals surface area contributed by atoms with Crippen LogP contribution >= 0.6 is 0 Å². The van der Waals surface area contributed by atoms with Crippen molar-refractivity contribution in [3.63, 3.8) is 0 Å². The number of aromatic nitrogens is 6.